The molecule has 6 rings (SSSR count). The largest absolute Gasteiger partial charge is 0.491 e. The lowest BCUT2D eigenvalue weighted by Crippen LogP contribution is -2.45. The van der Waals surface area contributed by atoms with Crippen molar-refractivity contribution in [3.8, 4) is 17.2 Å². The van der Waals surface area contributed by atoms with E-state index in [1.807, 2.05) is 37.3 Å². The van der Waals surface area contributed by atoms with E-state index in [1.165, 1.54) is 0 Å². The molecule has 1 atom stereocenters. The maximum atomic E-state index is 13.9. The molecule has 3 aliphatic rings. The van der Waals surface area contributed by atoms with E-state index in [-0.39, 0.29) is 31.9 Å². The second kappa shape index (κ2) is 8.09. The Morgan fingerprint density at radius 3 is 2.69 bits per heavy atom. The van der Waals surface area contributed by atoms with Crippen LogP contribution in [0.4, 0.5) is 16.2 Å². The SMILES string of the molecule is Cc1c(Cl)cccc1NC(=O)NCCN1C(=O)C2(COc3cc4c(cc32)OCO4)c2ccccc21. The molecular weight excluding hydrogens is 470 g/mol. The van der Waals surface area contributed by atoms with Crippen molar-refractivity contribution in [2.24, 2.45) is 0 Å². The van der Waals surface area contributed by atoms with Gasteiger partial charge < -0.3 is 29.7 Å². The van der Waals surface area contributed by atoms with Crippen LogP contribution < -0.4 is 29.7 Å². The van der Waals surface area contributed by atoms with Crippen LogP contribution in [0.3, 0.4) is 0 Å². The Morgan fingerprint density at radius 1 is 1.03 bits per heavy atom. The minimum atomic E-state index is -0.965. The summed E-state index contributed by atoms with van der Waals surface area (Å²) in [5, 5.41) is 6.22. The lowest BCUT2D eigenvalue weighted by Gasteiger charge is -2.23. The fraction of sp³-hybridized carbons (Fsp3) is 0.231. The van der Waals surface area contributed by atoms with Gasteiger partial charge in [-0.1, -0.05) is 35.9 Å². The molecule has 0 aromatic heterocycles. The average molecular weight is 492 g/mol. The van der Waals surface area contributed by atoms with Crippen molar-refractivity contribution in [1.29, 1.82) is 0 Å². The molecule has 35 heavy (non-hydrogen) atoms. The monoisotopic (exact) mass is 491 g/mol. The summed E-state index contributed by atoms with van der Waals surface area (Å²) >= 11 is 6.14. The highest BCUT2D eigenvalue weighted by molar-refractivity contribution is 6.31. The summed E-state index contributed by atoms with van der Waals surface area (Å²) in [6.45, 7) is 2.74. The number of fused-ring (bicyclic) bond motifs is 5. The summed E-state index contributed by atoms with van der Waals surface area (Å²) in [6.07, 6.45) is 0. The molecule has 3 aromatic rings. The van der Waals surface area contributed by atoms with Crippen LogP contribution in [-0.4, -0.2) is 38.4 Å². The smallest absolute Gasteiger partial charge is 0.319 e. The van der Waals surface area contributed by atoms with Crippen molar-refractivity contribution in [3.63, 3.8) is 0 Å². The molecule has 3 heterocycles. The summed E-state index contributed by atoms with van der Waals surface area (Å²) in [7, 11) is 0. The van der Waals surface area contributed by atoms with Crippen molar-refractivity contribution in [3.05, 3.63) is 76.3 Å². The van der Waals surface area contributed by atoms with Crippen LogP contribution in [-0.2, 0) is 10.2 Å². The van der Waals surface area contributed by atoms with Gasteiger partial charge in [-0.2, -0.15) is 0 Å². The number of benzene rings is 3. The molecule has 178 valence electrons. The second-order valence-electron chi connectivity index (χ2n) is 8.66. The minimum Gasteiger partial charge on any atom is -0.491 e. The van der Waals surface area contributed by atoms with Crippen LogP contribution in [0.1, 0.15) is 16.7 Å². The minimum absolute atomic E-state index is 0.0933. The topological polar surface area (TPSA) is 89.1 Å². The molecule has 1 spiro atoms. The zero-order valence-corrected chi connectivity index (χ0v) is 19.6. The summed E-state index contributed by atoms with van der Waals surface area (Å²) in [4.78, 5) is 28.1. The van der Waals surface area contributed by atoms with Gasteiger partial charge in [-0.15, -0.1) is 0 Å². The molecule has 2 N–H and O–H groups in total. The second-order valence-corrected chi connectivity index (χ2v) is 9.07. The quantitative estimate of drug-likeness (QED) is 0.570. The number of nitrogens with one attached hydrogen (secondary N) is 2. The summed E-state index contributed by atoms with van der Waals surface area (Å²) in [5.41, 5.74) is 2.91. The van der Waals surface area contributed by atoms with Gasteiger partial charge in [0.1, 0.15) is 17.8 Å². The van der Waals surface area contributed by atoms with Gasteiger partial charge >= 0.3 is 6.03 Å². The molecule has 0 saturated carbocycles. The molecule has 3 aliphatic heterocycles. The number of hydrogen-bond acceptors (Lipinski definition) is 5. The molecule has 0 saturated heterocycles. The number of amides is 3. The van der Waals surface area contributed by atoms with Crippen LogP contribution in [0.2, 0.25) is 5.02 Å². The summed E-state index contributed by atoms with van der Waals surface area (Å²) in [5.74, 6) is 1.74. The predicted octanol–water partition coefficient (Wildman–Crippen LogP) is 4.22. The molecular formula is C26H22ClN3O5. The van der Waals surface area contributed by atoms with E-state index >= 15 is 0 Å². The average Bonchev–Trinajstić information content (AvgIpc) is 3.53. The standard InChI is InChI=1S/C26H22ClN3O5/c1-15-18(27)6-4-7-19(15)29-25(32)28-9-10-30-20-8-3-2-5-16(20)26(24(30)31)13-33-21-12-23-22(11-17(21)26)34-14-35-23/h2-8,11-12H,9-10,13-14H2,1H3,(H2,28,29,32). The highest BCUT2D eigenvalue weighted by Gasteiger charge is 2.57. The molecule has 3 aromatic carbocycles. The van der Waals surface area contributed by atoms with E-state index in [0.29, 0.717) is 34.5 Å². The number of anilines is 2. The van der Waals surface area contributed by atoms with Crippen LogP contribution >= 0.6 is 11.6 Å². The Hall–Kier alpha value is -3.91. The fourth-order valence-electron chi connectivity index (χ4n) is 4.98. The van der Waals surface area contributed by atoms with E-state index < -0.39 is 5.41 Å². The number of halogens is 1. The number of rotatable bonds is 4. The third-order valence-corrected chi connectivity index (χ3v) is 7.19. The molecule has 0 radical (unpaired) electrons. The zero-order chi connectivity index (χ0) is 24.2. The van der Waals surface area contributed by atoms with Gasteiger partial charge in [-0.25, -0.2) is 4.79 Å². The Kier molecular flexibility index (Phi) is 5.00. The highest BCUT2D eigenvalue weighted by Crippen LogP contribution is 2.54. The van der Waals surface area contributed by atoms with E-state index in [9.17, 15) is 9.59 Å². The number of ether oxygens (including phenoxy) is 3. The van der Waals surface area contributed by atoms with E-state index in [4.69, 9.17) is 25.8 Å². The van der Waals surface area contributed by atoms with Crippen molar-refractivity contribution in [1.82, 2.24) is 5.32 Å². The third kappa shape index (κ3) is 3.28. The van der Waals surface area contributed by atoms with Crippen LogP contribution in [0.25, 0.3) is 0 Å². The summed E-state index contributed by atoms with van der Waals surface area (Å²) in [6, 6.07) is 16.3. The van der Waals surface area contributed by atoms with Gasteiger partial charge in [0, 0.05) is 41.1 Å². The van der Waals surface area contributed by atoms with Crippen molar-refractivity contribution in [2.45, 2.75) is 12.3 Å². The van der Waals surface area contributed by atoms with E-state index in [2.05, 4.69) is 10.6 Å². The lowest BCUT2D eigenvalue weighted by molar-refractivity contribution is -0.122. The number of urea groups is 1. The molecule has 3 amide bonds. The van der Waals surface area contributed by atoms with E-state index in [0.717, 1.165) is 22.4 Å². The Morgan fingerprint density at radius 2 is 1.83 bits per heavy atom. The van der Waals surface area contributed by atoms with Crippen LogP contribution in [0.15, 0.2) is 54.6 Å². The number of hydrogen-bond donors (Lipinski definition) is 2. The first-order valence-electron chi connectivity index (χ1n) is 11.3. The maximum absolute atomic E-state index is 13.9. The molecule has 8 nitrogen and oxygen atoms in total. The van der Waals surface area contributed by atoms with Crippen molar-refractivity contribution in [2.75, 3.05) is 36.7 Å². The van der Waals surface area contributed by atoms with Crippen molar-refractivity contribution >= 4 is 34.9 Å². The highest BCUT2D eigenvalue weighted by atomic mass is 35.5. The van der Waals surface area contributed by atoms with Gasteiger partial charge in [-0.05, 0) is 42.3 Å². The van der Waals surface area contributed by atoms with Gasteiger partial charge in [0.15, 0.2) is 11.5 Å². The van der Waals surface area contributed by atoms with Crippen molar-refractivity contribution < 1.29 is 23.8 Å². The summed E-state index contributed by atoms with van der Waals surface area (Å²) < 4.78 is 17.0. The number of carbonyl (C=O) groups is 2. The van der Waals surface area contributed by atoms with Crippen LogP contribution in [0, 0.1) is 6.92 Å². The fourth-order valence-corrected chi connectivity index (χ4v) is 5.15. The van der Waals surface area contributed by atoms with Gasteiger partial charge in [0.2, 0.25) is 12.7 Å². The first-order chi connectivity index (χ1) is 17.0. The van der Waals surface area contributed by atoms with E-state index in [1.54, 1.807) is 29.2 Å². The first-order valence-corrected chi connectivity index (χ1v) is 11.7. The molecule has 0 fully saturated rings. The molecule has 0 bridgehead atoms. The third-order valence-electron chi connectivity index (χ3n) is 6.78. The molecule has 9 heteroatoms. The maximum Gasteiger partial charge on any atom is 0.319 e. The first kappa shape index (κ1) is 21.6. The van der Waals surface area contributed by atoms with Gasteiger partial charge in [-0.3, -0.25) is 4.79 Å². The zero-order valence-electron chi connectivity index (χ0n) is 18.9. The lowest BCUT2D eigenvalue weighted by atomic mass is 9.77. The number of carbonyl (C=O) groups excluding carboxylic acids is 2. The molecule has 0 aliphatic carbocycles. The normalized spacial score (nSPS) is 18.9. The Bertz CT molecular complexity index is 1380. The van der Waals surface area contributed by atoms with Gasteiger partial charge in [0.25, 0.3) is 0 Å². The van der Waals surface area contributed by atoms with Crippen LogP contribution in [0.5, 0.6) is 17.2 Å². The molecule has 1 unspecified atom stereocenters. The Balaban J connectivity index is 1.23. The number of para-hydroxylation sites is 1. The van der Waals surface area contributed by atoms with Gasteiger partial charge in [0.05, 0.1) is 0 Å². The predicted molar refractivity (Wildman–Crippen MR) is 131 cm³/mol. The Labute approximate surface area is 206 Å². The number of nitrogens with zero attached hydrogens (tertiary/aromatic N) is 1.